The van der Waals surface area contributed by atoms with Crippen molar-refractivity contribution in [2.24, 2.45) is 5.73 Å². The summed E-state index contributed by atoms with van der Waals surface area (Å²) in [4.78, 5) is 13.7. The van der Waals surface area contributed by atoms with E-state index < -0.39 is 63.2 Å². The first-order chi connectivity index (χ1) is 16.3. The summed E-state index contributed by atoms with van der Waals surface area (Å²) in [5, 5.41) is 7.54. The van der Waals surface area contributed by atoms with Gasteiger partial charge in [-0.25, -0.2) is 12.8 Å². The summed E-state index contributed by atoms with van der Waals surface area (Å²) in [5.41, 5.74) is 5.87. The Morgan fingerprint density at radius 2 is 1.86 bits per heavy atom. The molecule has 3 aromatic rings. The van der Waals surface area contributed by atoms with Crippen molar-refractivity contribution in [1.29, 1.82) is 0 Å². The molecule has 1 aliphatic rings. The molecule has 1 amide bonds. The molecule has 0 saturated carbocycles. The molecule has 186 valence electrons. The highest BCUT2D eigenvalue weighted by atomic mass is 35.5. The van der Waals surface area contributed by atoms with E-state index in [1.54, 1.807) is 24.3 Å². The van der Waals surface area contributed by atoms with E-state index >= 15 is 0 Å². The predicted octanol–water partition coefficient (Wildman–Crippen LogP) is 3.67. The molecule has 0 fully saturated rings. The maximum atomic E-state index is 15.0. The van der Waals surface area contributed by atoms with Gasteiger partial charge in [-0.05, 0) is 29.8 Å². The van der Waals surface area contributed by atoms with E-state index in [2.05, 4.69) is 10.2 Å². The molecule has 0 bridgehead atoms. The summed E-state index contributed by atoms with van der Waals surface area (Å²) in [6, 6.07) is 6.73. The number of rotatable bonds is 5. The maximum Gasteiger partial charge on any atom is 0.389 e. The fourth-order valence-corrected chi connectivity index (χ4v) is 5.22. The minimum absolute atomic E-state index is 0.113. The van der Waals surface area contributed by atoms with E-state index in [0.717, 1.165) is 11.0 Å². The number of nitrogens with two attached hydrogens (primary N) is 1. The summed E-state index contributed by atoms with van der Waals surface area (Å²) >= 11 is 5.90. The first-order valence-electron chi connectivity index (χ1n) is 10.1. The topological polar surface area (TPSA) is 119 Å². The number of sulfone groups is 1. The van der Waals surface area contributed by atoms with Gasteiger partial charge in [0.2, 0.25) is 11.8 Å². The van der Waals surface area contributed by atoms with Gasteiger partial charge in [0.05, 0.1) is 40.9 Å². The molecule has 1 atom stereocenters. The van der Waals surface area contributed by atoms with Gasteiger partial charge >= 0.3 is 6.18 Å². The van der Waals surface area contributed by atoms with Crippen LogP contribution in [0.3, 0.4) is 0 Å². The number of aryl methyl sites for hydroxylation is 1. The lowest BCUT2D eigenvalue weighted by Gasteiger charge is -2.24. The molecule has 14 heteroatoms. The normalized spacial score (nSPS) is 17.8. The Hall–Kier alpha value is -3.03. The number of halogens is 5. The van der Waals surface area contributed by atoms with Crippen molar-refractivity contribution in [3.05, 3.63) is 58.7 Å². The van der Waals surface area contributed by atoms with Crippen molar-refractivity contribution in [3.63, 3.8) is 0 Å². The molecule has 0 unspecified atom stereocenters. The Kier molecular flexibility index (Phi) is 6.60. The number of carbonyl (C=O) groups is 1. The Morgan fingerprint density at radius 1 is 1.17 bits per heavy atom. The molecular formula is C21H17ClF4N4O4S. The Morgan fingerprint density at radius 3 is 2.51 bits per heavy atom. The number of fused-ring (bicyclic) bond motifs is 1. The monoisotopic (exact) mass is 532 g/mol. The second kappa shape index (κ2) is 9.21. The number of nitrogens with zero attached hydrogens (tertiary/aromatic N) is 3. The molecule has 1 aliphatic heterocycles. The molecule has 2 aromatic carbocycles. The Bertz CT molecular complexity index is 1380. The first kappa shape index (κ1) is 25.1. The van der Waals surface area contributed by atoms with Gasteiger partial charge in [-0.3, -0.25) is 4.79 Å². The highest BCUT2D eigenvalue weighted by Crippen LogP contribution is 2.37. The fourth-order valence-electron chi connectivity index (χ4n) is 3.53. The van der Waals surface area contributed by atoms with Gasteiger partial charge in [-0.15, -0.1) is 10.2 Å². The number of aromatic nitrogens is 2. The molecular weight excluding hydrogens is 516 g/mol. The van der Waals surface area contributed by atoms with Crippen LogP contribution < -0.4 is 10.6 Å². The van der Waals surface area contributed by atoms with Crippen molar-refractivity contribution in [2.75, 3.05) is 10.7 Å². The lowest BCUT2D eigenvalue weighted by Crippen LogP contribution is -2.45. The minimum atomic E-state index is -4.46. The highest BCUT2D eigenvalue weighted by Gasteiger charge is 2.37. The van der Waals surface area contributed by atoms with Crippen LogP contribution in [0.25, 0.3) is 11.5 Å². The summed E-state index contributed by atoms with van der Waals surface area (Å²) in [6.07, 6.45) is -6.30. The third kappa shape index (κ3) is 5.46. The summed E-state index contributed by atoms with van der Waals surface area (Å²) in [7, 11) is -4.17. The number of carbonyl (C=O) groups excluding carboxylic acids is 1. The molecule has 2 N–H and O–H groups in total. The molecule has 4 rings (SSSR count). The van der Waals surface area contributed by atoms with Crippen LogP contribution in [-0.4, -0.2) is 42.5 Å². The summed E-state index contributed by atoms with van der Waals surface area (Å²) < 4.78 is 83.4. The van der Waals surface area contributed by atoms with Gasteiger partial charge in [0.25, 0.3) is 5.89 Å². The number of anilines is 1. The number of hydrogen-bond donors (Lipinski definition) is 1. The third-order valence-corrected chi connectivity index (χ3v) is 7.28. The van der Waals surface area contributed by atoms with Crippen LogP contribution in [0, 0.1) is 5.82 Å². The second-order valence-corrected chi connectivity index (χ2v) is 10.3. The maximum absolute atomic E-state index is 15.0. The van der Waals surface area contributed by atoms with Gasteiger partial charge in [0, 0.05) is 11.4 Å². The van der Waals surface area contributed by atoms with E-state index in [-0.39, 0.29) is 23.7 Å². The molecule has 2 heterocycles. The first-order valence-corrected chi connectivity index (χ1v) is 12.1. The Labute approximate surface area is 201 Å². The van der Waals surface area contributed by atoms with Crippen molar-refractivity contribution >= 4 is 33.0 Å². The summed E-state index contributed by atoms with van der Waals surface area (Å²) in [6.45, 7) is -0.113. The molecule has 0 radical (unpaired) electrons. The molecule has 0 spiro atoms. The van der Waals surface area contributed by atoms with Crippen LogP contribution >= 0.6 is 11.6 Å². The zero-order valence-electron chi connectivity index (χ0n) is 17.7. The lowest BCUT2D eigenvalue weighted by molar-refractivity contribution is -0.134. The molecule has 1 aromatic heterocycles. The van der Waals surface area contributed by atoms with Gasteiger partial charge in [-0.2, -0.15) is 13.2 Å². The van der Waals surface area contributed by atoms with Gasteiger partial charge in [-0.1, -0.05) is 23.7 Å². The van der Waals surface area contributed by atoms with E-state index in [4.69, 9.17) is 21.8 Å². The standard InChI is InChI=1S/C21H17ClF4N4O4S/c22-12-3-1-11(2-4-12)9-30-16-7-13(19-29-28-18(34-19)5-6-21(24,25)26)14(23)8-17(16)35(32,33)10-15(27)20(30)31/h1-4,7-8,15H,5-6,9-10,27H2/t15-/m0/s1. The fraction of sp³-hybridized carbons (Fsp3) is 0.286. The van der Waals surface area contributed by atoms with Gasteiger partial charge in [0.1, 0.15) is 5.82 Å². The predicted molar refractivity (Wildman–Crippen MR) is 117 cm³/mol. The highest BCUT2D eigenvalue weighted by molar-refractivity contribution is 7.91. The number of alkyl halides is 3. The van der Waals surface area contributed by atoms with E-state index in [1.165, 1.54) is 0 Å². The molecule has 35 heavy (non-hydrogen) atoms. The van der Waals surface area contributed by atoms with E-state index in [0.29, 0.717) is 16.7 Å². The zero-order chi connectivity index (χ0) is 25.5. The van der Waals surface area contributed by atoms with Crippen molar-refractivity contribution in [2.45, 2.75) is 36.5 Å². The van der Waals surface area contributed by atoms with Crippen LogP contribution in [0.15, 0.2) is 45.7 Å². The summed E-state index contributed by atoms with van der Waals surface area (Å²) in [5.74, 6) is -3.39. The van der Waals surface area contributed by atoms with Gasteiger partial charge in [0.15, 0.2) is 9.84 Å². The lowest BCUT2D eigenvalue weighted by atomic mass is 10.1. The van der Waals surface area contributed by atoms with Gasteiger partial charge < -0.3 is 15.1 Å². The van der Waals surface area contributed by atoms with E-state index in [1.807, 2.05) is 0 Å². The quantitative estimate of drug-likeness (QED) is 0.498. The van der Waals surface area contributed by atoms with Crippen LogP contribution in [0.1, 0.15) is 17.9 Å². The Balaban J connectivity index is 1.80. The number of benzene rings is 2. The average Bonchev–Trinajstić information content (AvgIpc) is 3.23. The van der Waals surface area contributed by atoms with Crippen LogP contribution in [0.4, 0.5) is 23.2 Å². The van der Waals surface area contributed by atoms with E-state index in [9.17, 15) is 30.8 Å². The number of hydrogen-bond acceptors (Lipinski definition) is 7. The molecule has 0 aliphatic carbocycles. The zero-order valence-corrected chi connectivity index (χ0v) is 19.3. The molecule has 8 nitrogen and oxygen atoms in total. The largest absolute Gasteiger partial charge is 0.421 e. The van der Waals surface area contributed by atoms with Crippen molar-refractivity contribution in [3.8, 4) is 11.5 Å². The third-order valence-electron chi connectivity index (χ3n) is 5.23. The van der Waals surface area contributed by atoms with Crippen molar-refractivity contribution in [1.82, 2.24) is 10.2 Å². The SMILES string of the molecule is N[C@H]1CS(=O)(=O)c2cc(F)c(-c3nnc(CCC(F)(F)F)o3)cc2N(Cc2ccc(Cl)cc2)C1=O. The number of amides is 1. The van der Waals surface area contributed by atoms with Crippen LogP contribution in [0.5, 0.6) is 0 Å². The smallest absolute Gasteiger partial charge is 0.389 e. The minimum Gasteiger partial charge on any atom is -0.421 e. The average molecular weight is 533 g/mol. The van der Waals surface area contributed by atoms with Crippen molar-refractivity contribution < 1.29 is 35.2 Å². The van der Waals surface area contributed by atoms with Crippen LogP contribution in [-0.2, 0) is 27.6 Å². The second-order valence-electron chi connectivity index (χ2n) is 7.85. The molecule has 0 saturated heterocycles. The van der Waals surface area contributed by atoms with Crippen LogP contribution in [0.2, 0.25) is 5.02 Å².